The van der Waals surface area contributed by atoms with Crippen molar-refractivity contribution in [2.75, 3.05) is 13.1 Å². The van der Waals surface area contributed by atoms with E-state index in [0.29, 0.717) is 6.61 Å². The fourth-order valence-corrected chi connectivity index (χ4v) is 3.31. The van der Waals surface area contributed by atoms with Gasteiger partial charge in [-0.2, -0.15) is 0 Å². The molecule has 21 heavy (non-hydrogen) atoms. The second-order valence-electron chi connectivity index (χ2n) is 5.38. The van der Waals surface area contributed by atoms with Gasteiger partial charge in [0.2, 0.25) is 0 Å². The molecule has 0 amide bonds. The summed E-state index contributed by atoms with van der Waals surface area (Å²) in [7, 11) is 0. The Morgan fingerprint density at radius 3 is 2.52 bits per heavy atom. The first-order valence-electron chi connectivity index (χ1n) is 7.31. The summed E-state index contributed by atoms with van der Waals surface area (Å²) in [6.45, 7) is 4.10. The quantitative estimate of drug-likeness (QED) is 0.776. The van der Waals surface area contributed by atoms with Gasteiger partial charge < -0.3 is 4.74 Å². The molecule has 0 spiro atoms. The van der Waals surface area contributed by atoms with Gasteiger partial charge in [0.15, 0.2) is 0 Å². The van der Waals surface area contributed by atoms with Gasteiger partial charge in [-0.05, 0) is 37.1 Å². The Kier molecular flexibility index (Phi) is 4.59. The van der Waals surface area contributed by atoms with Crippen molar-refractivity contribution in [3.8, 4) is 18.1 Å². The van der Waals surface area contributed by atoms with Crippen molar-refractivity contribution < 1.29 is 4.74 Å². The van der Waals surface area contributed by atoms with E-state index in [1.54, 1.807) is 11.3 Å². The fraction of sp³-hybridized carbons (Fsp3) is 0.333. The largest absolute Gasteiger partial charge is 0.487 e. The van der Waals surface area contributed by atoms with Gasteiger partial charge in [0, 0.05) is 17.3 Å². The summed E-state index contributed by atoms with van der Waals surface area (Å²) in [5, 5.41) is 3.89. The van der Waals surface area contributed by atoms with Crippen molar-refractivity contribution in [2.45, 2.75) is 26.0 Å². The van der Waals surface area contributed by atoms with E-state index in [2.05, 4.69) is 35.1 Å². The maximum absolute atomic E-state index is 5.78. The van der Waals surface area contributed by atoms with Gasteiger partial charge >= 0.3 is 0 Å². The van der Waals surface area contributed by atoms with E-state index in [1.807, 2.05) is 10.8 Å². The molecule has 1 aliphatic heterocycles. The Hall–Kier alpha value is -1.76. The normalized spacial score (nSPS) is 15.0. The van der Waals surface area contributed by atoms with Crippen LogP contribution in [0.2, 0.25) is 0 Å². The lowest BCUT2D eigenvalue weighted by Crippen LogP contribution is -2.18. The SMILES string of the molecule is C#Cc1cscc1OCc1ccc(CN2CCCC2)cc1. The number of rotatable bonds is 5. The molecule has 1 saturated heterocycles. The molecule has 0 saturated carbocycles. The van der Waals surface area contributed by atoms with Crippen LogP contribution in [-0.2, 0) is 13.2 Å². The number of nitrogens with zero attached hydrogens (tertiary/aromatic N) is 1. The van der Waals surface area contributed by atoms with Crippen LogP contribution in [0, 0.1) is 12.3 Å². The van der Waals surface area contributed by atoms with Crippen LogP contribution in [0.15, 0.2) is 35.0 Å². The lowest BCUT2D eigenvalue weighted by molar-refractivity contribution is 0.306. The van der Waals surface area contributed by atoms with Crippen LogP contribution in [0.5, 0.6) is 5.75 Å². The number of hydrogen-bond donors (Lipinski definition) is 0. The molecule has 0 atom stereocenters. The summed E-state index contributed by atoms with van der Waals surface area (Å²) in [6.07, 6.45) is 8.11. The Labute approximate surface area is 130 Å². The average Bonchev–Trinajstić information content (AvgIpc) is 3.17. The first kappa shape index (κ1) is 14.2. The molecule has 1 aliphatic rings. The number of benzene rings is 1. The third kappa shape index (κ3) is 3.66. The van der Waals surface area contributed by atoms with E-state index in [0.717, 1.165) is 17.9 Å². The zero-order chi connectivity index (χ0) is 14.5. The standard InChI is InChI=1S/C18H19NOS/c1-2-17-13-21-14-18(17)20-12-16-7-5-15(6-8-16)11-19-9-3-4-10-19/h1,5-8,13-14H,3-4,9-12H2. The predicted molar refractivity (Wildman–Crippen MR) is 87.5 cm³/mol. The van der Waals surface area contributed by atoms with Crippen molar-refractivity contribution in [2.24, 2.45) is 0 Å². The van der Waals surface area contributed by atoms with Crippen LogP contribution in [0.3, 0.4) is 0 Å². The summed E-state index contributed by atoms with van der Waals surface area (Å²) in [5.41, 5.74) is 3.39. The van der Waals surface area contributed by atoms with Crippen LogP contribution in [0.4, 0.5) is 0 Å². The third-order valence-electron chi connectivity index (χ3n) is 3.80. The van der Waals surface area contributed by atoms with E-state index in [9.17, 15) is 0 Å². The predicted octanol–water partition coefficient (Wildman–Crippen LogP) is 3.90. The molecule has 2 nitrogen and oxygen atoms in total. The van der Waals surface area contributed by atoms with Gasteiger partial charge in [-0.15, -0.1) is 17.8 Å². The van der Waals surface area contributed by atoms with Crippen LogP contribution < -0.4 is 4.74 Å². The van der Waals surface area contributed by atoms with E-state index in [-0.39, 0.29) is 0 Å². The average molecular weight is 297 g/mol. The number of thiophene rings is 1. The molecule has 3 heteroatoms. The van der Waals surface area contributed by atoms with Gasteiger partial charge in [0.25, 0.3) is 0 Å². The van der Waals surface area contributed by atoms with Crippen LogP contribution >= 0.6 is 11.3 Å². The number of terminal acetylenes is 1. The number of ether oxygens (including phenoxy) is 1. The molecule has 1 fully saturated rings. The third-order valence-corrected chi connectivity index (χ3v) is 4.53. The Morgan fingerprint density at radius 1 is 1.10 bits per heavy atom. The zero-order valence-corrected chi connectivity index (χ0v) is 12.9. The highest BCUT2D eigenvalue weighted by molar-refractivity contribution is 7.08. The lowest BCUT2D eigenvalue weighted by Gasteiger charge is -2.14. The fourth-order valence-electron chi connectivity index (χ4n) is 2.60. The van der Waals surface area contributed by atoms with Gasteiger partial charge in [0.1, 0.15) is 12.4 Å². The molecule has 3 rings (SSSR count). The first-order chi connectivity index (χ1) is 10.3. The van der Waals surface area contributed by atoms with Crippen molar-refractivity contribution in [3.05, 3.63) is 51.7 Å². The Morgan fingerprint density at radius 2 is 1.81 bits per heavy atom. The molecule has 1 aromatic carbocycles. The van der Waals surface area contributed by atoms with Gasteiger partial charge in [0.05, 0.1) is 5.56 Å². The summed E-state index contributed by atoms with van der Waals surface area (Å²) >= 11 is 1.57. The molecule has 108 valence electrons. The highest BCUT2D eigenvalue weighted by atomic mass is 32.1. The lowest BCUT2D eigenvalue weighted by atomic mass is 10.1. The van der Waals surface area contributed by atoms with Gasteiger partial charge in [-0.3, -0.25) is 4.90 Å². The van der Waals surface area contributed by atoms with Crippen LogP contribution in [0.25, 0.3) is 0 Å². The van der Waals surface area contributed by atoms with Gasteiger partial charge in [-0.25, -0.2) is 0 Å². The molecule has 1 aromatic heterocycles. The minimum Gasteiger partial charge on any atom is -0.487 e. The van der Waals surface area contributed by atoms with Crippen molar-refractivity contribution in [3.63, 3.8) is 0 Å². The topological polar surface area (TPSA) is 12.5 Å². The maximum Gasteiger partial charge on any atom is 0.146 e. The molecular formula is C18H19NOS. The molecule has 0 bridgehead atoms. The Balaban J connectivity index is 1.56. The second kappa shape index (κ2) is 6.80. The van der Waals surface area contributed by atoms with E-state index in [4.69, 9.17) is 11.2 Å². The summed E-state index contributed by atoms with van der Waals surface area (Å²) < 4.78 is 5.78. The molecule has 0 unspecified atom stereocenters. The number of hydrogen-bond acceptors (Lipinski definition) is 3. The van der Waals surface area contributed by atoms with Crippen molar-refractivity contribution in [1.82, 2.24) is 4.90 Å². The summed E-state index contributed by atoms with van der Waals surface area (Å²) in [6, 6.07) is 8.69. The van der Waals surface area contributed by atoms with E-state index < -0.39 is 0 Å². The Bertz CT molecular complexity index is 617. The highest BCUT2D eigenvalue weighted by Crippen LogP contribution is 2.23. The van der Waals surface area contributed by atoms with E-state index in [1.165, 1.54) is 37.1 Å². The molecule has 0 N–H and O–H groups in total. The molecule has 2 heterocycles. The van der Waals surface area contributed by atoms with Crippen LogP contribution in [0.1, 0.15) is 29.5 Å². The van der Waals surface area contributed by atoms with Crippen LogP contribution in [-0.4, -0.2) is 18.0 Å². The highest BCUT2D eigenvalue weighted by Gasteiger charge is 2.11. The maximum atomic E-state index is 5.78. The molecular weight excluding hydrogens is 278 g/mol. The smallest absolute Gasteiger partial charge is 0.146 e. The summed E-state index contributed by atoms with van der Waals surface area (Å²) in [5.74, 6) is 3.45. The second-order valence-corrected chi connectivity index (χ2v) is 6.13. The molecule has 2 aromatic rings. The van der Waals surface area contributed by atoms with Crippen molar-refractivity contribution >= 4 is 11.3 Å². The minimum atomic E-state index is 0.565. The zero-order valence-electron chi connectivity index (χ0n) is 12.0. The minimum absolute atomic E-state index is 0.565. The van der Waals surface area contributed by atoms with Crippen molar-refractivity contribution in [1.29, 1.82) is 0 Å². The van der Waals surface area contributed by atoms with E-state index >= 15 is 0 Å². The summed E-state index contributed by atoms with van der Waals surface area (Å²) in [4.78, 5) is 2.51. The van der Waals surface area contributed by atoms with Gasteiger partial charge in [-0.1, -0.05) is 30.2 Å². The molecule has 0 radical (unpaired) electrons. The number of likely N-dealkylation sites (tertiary alicyclic amines) is 1. The first-order valence-corrected chi connectivity index (χ1v) is 8.25. The monoisotopic (exact) mass is 297 g/mol. The molecule has 0 aliphatic carbocycles.